The highest BCUT2D eigenvalue weighted by Gasteiger charge is 2.14. The number of aromatic nitrogens is 3. The molecule has 0 saturated heterocycles. The number of pyridine rings is 1. The van der Waals surface area contributed by atoms with E-state index in [1.165, 1.54) is 0 Å². The monoisotopic (exact) mass is 358 g/mol. The van der Waals surface area contributed by atoms with Gasteiger partial charge in [0.25, 0.3) is 0 Å². The van der Waals surface area contributed by atoms with Gasteiger partial charge in [-0.15, -0.1) is 0 Å². The molecule has 7 heteroatoms. The molecule has 3 rings (SSSR count). The zero-order chi connectivity index (χ0) is 18.5. The number of nitrogens with one attached hydrogen (secondary N) is 1. The zero-order valence-electron chi connectivity index (χ0n) is 14.1. The fraction of sp³-hybridized carbons (Fsp3) is 0.211. The van der Waals surface area contributed by atoms with Crippen molar-refractivity contribution in [2.75, 3.05) is 11.9 Å². The van der Waals surface area contributed by atoms with Crippen LogP contribution in [0.5, 0.6) is 0 Å². The lowest BCUT2D eigenvalue weighted by molar-refractivity contribution is 0.447. The summed E-state index contributed by atoms with van der Waals surface area (Å²) in [4.78, 5) is 12.6. The van der Waals surface area contributed by atoms with Crippen LogP contribution in [0.2, 0.25) is 0 Å². The van der Waals surface area contributed by atoms with Crippen LogP contribution in [0.25, 0.3) is 11.4 Å². The Labute approximate surface area is 149 Å². The van der Waals surface area contributed by atoms with Gasteiger partial charge in [0.05, 0.1) is 0 Å². The van der Waals surface area contributed by atoms with Crippen LogP contribution in [0, 0.1) is 17.5 Å². The Hall–Kier alpha value is -2.96. The van der Waals surface area contributed by atoms with Crippen molar-refractivity contribution < 1.29 is 13.2 Å². The van der Waals surface area contributed by atoms with Gasteiger partial charge in [0.2, 0.25) is 0 Å². The maximum absolute atomic E-state index is 13.5. The molecule has 2 heterocycles. The molecule has 0 bridgehead atoms. The number of hydrogen-bond donors (Lipinski definition) is 1. The molecule has 0 fully saturated rings. The van der Waals surface area contributed by atoms with Gasteiger partial charge < -0.3 is 5.32 Å². The molecule has 0 atom stereocenters. The van der Waals surface area contributed by atoms with E-state index < -0.39 is 17.5 Å². The van der Waals surface area contributed by atoms with Crippen molar-refractivity contribution in [1.82, 2.24) is 15.0 Å². The van der Waals surface area contributed by atoms with Crippen molar-refractivity contribution in [3.63, 3.8) is 0 Å². The molecule has 2 aromatic heterocycles. The largest absolute Gasteiger partial charge is 0.370 e. The topological polar surface area (TPSA) is 50.7 Å². The summed E-state index contributed by atoms with van der Waals surface area (Å²) >= 11 is 0. The molecule has 134 valence electrons. The van der Waals surface area contributed by atoms with E-state index in [2.05, 4.69) is 20.3 Å². The number of rotatable bonds is 6. The lowest BCUT2D eigenvalue weighted by Gasteiger charge is -2.10. The third-order valence-electron chi connectivity index (χ3n) is 3.83. The lowest BCUT2D eigenvalue weighted by atomic mass is 10.1. The number of anilines is 1. The van der Waals surface area contributed by atoms with Gasteiger partial charge in [-0.25, -0.2) is 23.1 Å². The summed E-state index contributed by atoms with van der Waals surface area (Å²) < 4.78 is 40.2. The van der Waals surface area contributed by atoms with Crippen molar-refractivity contribution in [2.24, 2.45) is 0 Å². The Bertz CT molecular complexity index is 878. The Morgan fingerprint density at radius 3 is 2.46 bits per heavy atom. The van der Waals surface area contributed by atoms with Crippen molar-refractivity contribution in [3.05, 3.63) is 71.4 Å². The molecule has 1 aromatic carbocycles. The summed E-state index contributed by atoms with van der Waals surface area (Å²) in [6, 6.07) is 7.41. The maximum Gasteiger partial charge on any atom is 0.194 e. The summed E-state index contributed by atoms with van der Waals surface area (Å²) in [5.41, 5.74) is 1.88. The van der Waals surface area contributed by atoms with Gasteiger partial charge in [-0.1, -0.05) is 13.0 Å². The van der Waals surface area contributed by atoms with Crippen molar-refractivity contribution in [3.8, 4) is 11.4 Å². The Morgan fingerprint density at radius 1 is 1.04 bits per heavy atom. The molecule has 0 amide bonds. The summed E-state index contributed by atoms with van der Waals surface area (Å²) in [5.74, 6) is -3.35. The third kappa shape index (κ3) is 4.17. The Morgan fingerprint density at radius 2 is 1.81 bits per heavy atom. The van der Waals surface area contributed by atoms with Gasteiger partial charge in [0.1, 0.15) is 5.82 Å². The van der Waals surface area contributed by atoms with E-state index in [0.29, 0.717) is 24.5 Å². The fourth-order valence-electron chi connectivity index (χ4n) is 2.46. The quantitative estimate of drug-likeness (QED) is 0.672. The number of aryl methyl sites for hydroxylation is 1. The summed E-state index contributed by atoms with van der Waals surface area (Å²) in [6.45, 7) is 2.52. The summed E-state index contributed by atoms with van der Waals surface area (Å²) in [7, 11) is 0. The van der Waals surface area contributed by atoms with Crippen LogP contribution >= 0.6 is 0 Å². The average Bonchev–Trinajstić information content (AvgIpc) is 2.66. The number of nitrogens with zero attached hydrogens (tertiary/aromatic N) is 3. The SMILES string of the molecule is CCc1cc(NCCc2cccnc2)nc(-c2cc(F)c(F)c(F)c2)n1. The van der Waals surface area contributed by atoms with Gasteiger partial charge >= 0.3 is 0 Å². The maximum atomic E-state index is 13.5. The first kappa shape index (κ1) is 17.8. The first-order valence-electron chi connectivity index (χ1n) is 8.22. The van der Waals surface area contributed by atoms with Crippen LogP contribution in [0.1, 0.15) is 18.2 Å². The van der Waals surface area contributed by atoms with Crippen LogP contribution in [0.4, 0.5) is 19.0 Å². The molecule has 26 heavy (non-hydrogen) atoms. The standard InChI is InChI=1S/C19H17F3N4/c1-2-14-10-17(24-7-5-12-4-3-6-23-11-12)26-19(25-14)13-8-15(20)18(22)16(21)9-13/h3-4,6,8-11H,2,5,7H2,1H3,(H,24,25,26). The van der Waals surface area contributed by atoms with Gasteiger partial charge in [0.15, 0.2) is 23.3 Å². The summed E-state index contributed by atoms with van der Waals surface area (Å²) in [6.07, 6.45) is 4.87. The van der Waals surface area contributed by atoms with Gasteiger partial charge in [-0.05, 0) is 36.6 Å². The molecule has 0 aliphatic rings. The zero-order valence-corrected chi connectivity index (χ0v) is 14.1. The van der Waals surface area contributed by atoms with Crippen LogP contribution < -0.4 is 5.32 Å². The van der Waals surface area contributed by atoms with Gasteiger partial charge in [-0.2, -0.15) is 0 Å². The molecule has 0 aliphatic carbocycles. The first-order chi connectivity index (χ1) is 12.6. The first-order valence-corrected chi connectivity index (χ1v) is 8.22. The third-order valence-corrected chi connectivity index (χ3v) is 3.83. The van der Waals surface area contributed by atoms with Crippen LogP contribution in [-0.4, -0.2) is 21.5 Å². The van der Waals surface area contributed by atoms with Crippen molar-refractivity contribution in [1.29, 1.82) is 0 Å². The van der Waals surface area contributed by atoms with E-state index in [9.17, 15) is 13.2 Å². The molecule has 0 saturated carbocycles. The van der Waals surface area contributed by atoms with E-state index in [1.807, 2.05) is 19.1 Å². The smallest absolute Gasteiger partial charge is 0.194 e. The van der Waals surface area contributed by atoms with E-state index in [1.54, 1.807) is 18.5 Å². The molecular weight excluding hydrogens is 341 g/mol. The second-order valence-corrected chi connectivity index (χ2v) is 5.71. The molecular formula is C19H17F3N4. The second kappa shape index (κ2) is 7.95. The average molecular weight is 358 g/mol. The highest BCUT2D eigenvalue weighted by atomic mass is 19.2. The Kier molecular flexibility index (Phi) is 5.46. The normalized spacial score (nSPS) is 10.8. The van der Waals surface area contributed by atoms with E-state index in [0.717, 1.165) is 24.1 Å². The molecule has 0 unspecified atom stereocenters. The molecule has 0 aliphatic heterocycles. The van der Waals surface area contributed by atoms with E-state index in [4.69, 9.17) is 0 Å². The van der Waals surface area contributed by atoms with Crippen molar-refractivity contribution >= 4 is 5.82 Å². The predicted molar refractivity (Wildman–Crippen MR) is 93.2 cm³/mol. The van der Waals surface area contributed by atoms with Crippen LogP contribution in [-0.2, 0) is 12.8 Å². The summed E-state index contributed by atoms with van der Waals surface area (Å²) in [5, 5.41) is 3.18. The van der Waals surface area contributed by atoms with Gasteiger partial charge in [0, 0.05) is 36.3 Å². The molecule has 4 nitrogen and oxygen atoms in total. The van der Waals surface area contributed by atoms with Crippen LogP contribution in [0.3, 0.4) is 0 Å². The number of benzene rings is 1. The number of halogens is 3. The second-order valence-electron chi connectivity index (χ2n) is 5.71. The highest BCUT2D eigenvalue weighted by Crippen LogP contribution is 2.23. The predicted octanol–water partition coefficient (Wildman–Crippen LogP) is 4.17. The van der Waals surface area contributed by atoms with E-state index in [-0.39, 0.29) is 11.4 Å². The van der Waals surface area contributed by atoms with Gasteiger partial charge in [-0.3, -0.25) is 4.98 Å². The molecule has 3 aromatic rings. The lowest BCUT2D eigenvalue weighted by Crippen LogP contribution is -2.08. The molecule has 1 N–H and O–H groups in total. The minimum Gasteiger partial charge on any atom is -0.370 e. The van der Waals surface area contributed by atoms with Crippen LogP contribution in [0.15, 0.2) is 42.7 Å². The van der Waals surface area contributed by atoms with E-state index >= 15 is 0 Å². The fourth-order valence-corrected chi connectivity index (χ4v) is 2.46. The van der Waals surface area contributed by atoms with Crippen molar-refractivity contribution in [2.45, 2.75) is 19.8 Å². The highest BCUT2D eigenvalue weighted by molar-refractivity contribution is 5.58. The Balaban J connectivity index is 1.82. The minimum atomic E-state index is -1.50. The molecule has 0 radical (unpaired) electrons. The number of hydrogen-bond acceptors (Lipinski definition) is 4. The minimum absolute atomic E-state index is 0.0898. The molecule has 0 spiro atoms.